The molecule has 25 heavy (non-hydrogen) atoms. The second-order valence-corrected chi connectivity index (χ2v) is 7.14. The summed E-state index contributed by atoms with van der Waals surface area (Å²) in [5.41, 5.74) is 1.54. The first-order valence-corrected chi connectivity index (χ1v) is 9.17. The van der Waals surface area contributed by atoms with Gasteiger partial charge in [0.2, 0.25) is 0 Å². The number of nitrogens with zero attached hydrogens (tertiary/aromatic N) is 2. The molecule has 1 aromatic carbocycles. The van der Waals surface area contributed by atoms with Crippen molar-refractivity contribution in [3.05, 3.63) is 35.3 Å². The van der Waals surface area contributed by atoms with Crippen LogP contribution in [0, 0.1) is 0 Å². The van der Waals surface area contributed by atoms with Gasteiger partial charge < -0.3 is 15.0 Å². The fourth-order valence-corrected chi connectivity index (χ4v) is 3.54. The molecule has 1 aromatic heterocycles. The van der Waals surface area contributed by atoms with Gasteiger partial charge in [0, 0.05) is 36.6 Å². The monoisotopic (exact) mass is 381 g/mol. The van der Waals surface area contributed by atoms with Gasteiger partial charge in [-0.1, -0.05) is 0 Å². The molecular weight excluding hydrogens is 358 g/mol. The quantitative estimate of drug-likeness (QED) is 0.881. The first-order valence-electron chi connectivity index (χ1n) is 8.29. The fourth-order valence-electron chi connectivity index (χ4n) is 2.74. The van der Waals surface area contributed by atoms with E-state index in [9.17, 15) is 4.79 Å². The second kappa shape index (κ2) is 8.65. The highest BCUT2D eigenvalue weighted by Gasteiger charge is 2.25. The van der Waals surface area contributed by atoms with Crippen LogP contribution >= 0.6 is 23.7 Å². The molecule has 7 heteroatoms. The number of halogens is 1. The van der Waals surface area contributed by atoms with Gasteiger partial charge in [-0.3, -0.25) is 4.79 Å². The molecule has 1 saturated heterocycles. The zero-order valence-corrected chi connectivity index (χ0v) is 16.3. The van der Waals surface area contributed by atoms with E-state index in [0.717, 1.165) is 36.0 Å². The number of ether oxygens (including phenoxy) is 1. The highest BCUT2D eigenvalue weighted by molar-refractivity contribution is 7.13. The van der Waals surface area contributed by atoms with E-state index < -0.39 is 0 Å². The first-order chi connectivity index (χ1) is 11.5. The lowest BCUT2D eigenvalue weighted by atomic mass is 10.2. The molecule has 1 fully saturated rings. The van der Waals surface area contributed by atoms with Crippen molar-refractivity contribution in [3.8, 4) is 16.3 Å². The van der Waals surface area contributed by atoms with Crippen molar-refractivity contribution in [3.63, 3.8) is 0 Å². The Hall–Kier alpha value is -1.63. The van der Waals surface area contributed by atoms with E-state index in [-0.39, 0.29) is 30.5 Å². The third-order valence-corrected chi connectivity index (χ3v) is 4.85. The van der Waals surface area contributed by atoms with Crippen LogP contribution in [-0.2, 0) is 0 Å². The summed E-state index contributed by atoms with van der Waals surface area (Å²) in [4.78, 5) is 19.1. The van der Waals surface area contributed by atoms with E-state index >= 15 is 0 Å². The number of benzene rings is 1. The number of amides is 1. The number of hydrogen-bond acceptors (Lipinski definition) is 5. The van der Waals surface area contributed by atoms with Gasteiger partial charge in [0.25, 0.3) is 5.91 Å². The lowest BCUT2D eigenvalue weighted by Gasteiger charge is -2.33. The summed E-state index contributed by atoms with van der Waals surface area (Å²) >= 11 is 1.50. The molecule has 0 saturated carbocycles. The molecule has 0 radical (unpaired) electrons. The summed E-state index contributed by atoms with van der Waals surface area (Å²) in [7, 11) is 0. The van der Waals surface area contributed by atoms with Crippen LogP contribution in [-0.4, -0.2) is 47.6 Å². The fraction of sp³-hybridized carbons (Fsp3) is 0.444. The second-order valence-electron chi connectivity index (χ2n) is 6.28. The average molecular weight is 382 g/mol. The Labute approximate surface area is 158 Å². The SMILES string of the molecule is CC(C)Oc1ccc(-c2nc(C(=O)N3CCNC[C@H]3C)cs2)cc1.Cl. The van der Waals surface area contributed by atoms with Crippen LogP contribution in [0.2, 0.25) is 0 Å². The molecule has 0 spiro atoms. The average Bonchev–Trinajstić information content (AvgIpc) is 3.05. The van der Waals surface area contributed by atoms with Crippen LogP contribution < -0.4 is 10.1 Å². The largest absolute Gasteiger partial charge is 0.491 e. The van der Waals surface area contributed by atoms with Crippen LogP contribution in [0.15, 0.2) is 29.6 Å². The number of aromatic nitrogens is 1. The van der Waals surface area contributed by atoms with Crippen molar-refractivity contribution < 1.29 is 9.53 Å². The van der Waals surface area contributed by atoms with E-state index in [2.05, 4.69) is 17.2 Å². The number of piperazine rings is 1. The Morgan fingerprint density at radius 2 is 2.08 bits per heavy atom. The molecule has 0 bridgehead atoms. The maximum absolute atomic E-state index is 12.7. The minimum absolute atomic E-state index is 0. The molecule has 3 rings (SSSR count). The van der Waals surface area contributed by atoms with Gasteiger partial charge in [0.05, 0.1) is 6.10 Å². The summed E-state index contributed by atoms with van der Waals surface area (Å²) in [6.45, 7) is 8.47. The van der Waals surface area contributed by atoms with Gasteiger partial charge in [-0.15, -0.1) is 23.7 Å². The van der Waals surface area contributed by atoms with Gasteiger partial charge in [-0.2, -0.15) is 0 Å². The Morgan fingerprint density at radius 3 is 2.72 bits per heavy atom. The van der Waals surface area contributed by atoms with Crippen molar-refractivity contribution in [2.24, 2.45) is 0 Å². The van der Waals surface area contributed by atoms with Gasteiger partial charge in [-0.05, 0) is 45.0 Å². The number of carbonyl (C=O) groups excluding carboxylic acids is 1. The van der Waals surface area contributed by atoms with Gasteiger partial charge in [0.1, 0.15) is 16.5 Å². The minimum Gasteiger partial charge on any atom is -0.491 e. The Balaban J connectivity index is 0.00000225. The smallest absolute Gasteiger partial charge is 0.273 e. The third kappa shape index (κ3) is 4.71. The maximum Gasteiger partial charge on any atom is 0.273 e. The highest BCUT2D eigenvalue weighted by Crippen LogP contribution is 2.27. The van der Waals surface area contributed by atoms with Crippen molar-refractivity contribution in [2.75, 3.05) is 19.6 Å². The van der Waals surface area contributed by atoms with Gasteiger partial charge >= 0.3 is 0 Å². The lowest BCUT2D eigenvalue weighted by Crippen LogP contribution is -2.52. The van der Waals surface area contributed by atoms with Crippen LogP contribution in [0.5, 0.6) is 5.75 Å². The molecule has 0 unspecified atom stereocenters. The molecule has 1 amide bonds. The van der Waals surface area contributed by atoms with Gasteiger partial charge in [0.15, 0.2) is 0 Å². The standard InChI is InChI=1S/C18H23N3O2S.ClH/c1-12(2)23-15-6-4-14(5-7-15)17-20-16(11-24-17)18(22)21-9-8-19-10-13(21)3;/h4-7,11-13,19H,8-10H2,1-3H3;1H/t13-;/m1./s1. The van der Waals surface area contributed by atoms with Crippen molar-refractivity contribution in [1.29, 1.82) is 0 Å². The van der Waals surface area contributed by atoms with E-state index in [1.165, 1.54) is 11.3 Å². The summed E-state index contributed by atoms with van der Waals surface area (Å²) in [6, 6.07) is 8.05. The molecule has 0 aliphatic carbocycles. The summed E-state index contributed by atoms with van der Waals surface area (Å²) in [6.07, 6.45) is 0.154. The van der Waals surface area contributed by atoms with Crippen molar-refractivity contribution in [2.45, 2.75) is 32.9 Å². The number of rotatable bonds is 4. The van der Waals surface area contributed by atoms with Crippen LogP contribution in [0.25, 0.3) is 10.6 Å². The van der Waals surface area contributed by atoms with E-state index in [4.69, 9.17) is 4.74 Å². The zero-order chi connectivity index (χ0) is 17.1. The predicted molar refractivity (Wildman–Crippen MR) is 104 cm³/mol. The zero-order valence-electron chi connectivity index (χ0n) is 14.7. The summed E-state index contributed by atoms with van der Waals surface area (Å²) in [5, 5.41) is 6.01. The highest BCUT2D eigenvalue weighted by atomic mass is 35.5. The molecule has 1 aliphatic rings. The molecule has 136 valence electrons. The topological polar surface area (TPSA) is 54.5 Å². The Bertz CT molecular complexity index is 703. The van der Waals surface area contributed by atoms with Crippen molar-refractivity contribution in [1.82, 2.24) is 15.2 Å². The predicted octanol–water partition coefficient (Wildman–Crippen LogP) is 3.45. The van der Waals surface area contributed by atoms with E-state index in [1.54, 1.807) is 0 Å². The van der Waals surface area contributed by atoms with Crippen LogP contribution in [0.1, 0.15) is 31.3 Å². The molecular formula is C18H24ClN3O2S. The number of carbonyl (C=O) groups is 1. The van der Waals surface area contributed by atoms with E-state index in [0.29, 0.717) is 5.69 Å². The van der Waals surface area contributed by atoms with Crippen LogP contribution in [0.4, 0.5) is 0 Å². The minimum atomic E-state index is 0. The lowest BCUT2D eigenvalue weighted by molar-refractivity contribution is 0.0650. The van der Waals surface area contributed by atoms with Crippen molar-refractivity contribution >= 4 is 29.7 Å². The van der Waals surface area contributed by atoms with Crippen LogP contribution in [0.3, 0.4) is 0 Å². The molecule has 1 aliphatic heterocycles. The molecule has 5 nitrogen and oxygen atoms in total. The number of thiazole rings is 1. The first kappa shape index (κ1) is 19.7. The molecule has 1 atom stereocenters. The molecule has 2 heterocycles. The van der Waals surface area contributed by atoms with E-state index in [1.807, 2.05) is 48.4 Å². The normalized spacial score (nSPS) is 17.3. The number of hydrogen-bond donors (Lipinski definition) is 1. The molecule has 1 N–H and O–H groups in total. The summed E-state index contributed by atoms with van der Waals surface area (Å²) in [5.74, 6) is 0.863. The Morgan fingerprint density at radius 1 is 1.36 bits per heavy atom. The van der Waals surface area contributed by atoms with Gasteiger partial charge in [-0.25, -0.2) is 4.98 Å². The summed E-state index contributed by atoms with van der Waals surface area (Å²) < 4.78 is 5.66. The third-order valence-electron chi connectivity index (χ3n) is 3.96. The maximum atomic E-state index is 12.7. The Kier molecular flexibility index (Phi) is 6.81. The molecule has 2 aromatic rings. The number of nitrogens with one attached hydrogen (secondary N) is 1.